The van der Waals surface area contributed by atoms with Crippen LogP contribution in [-0.2, 0) is 0 Å². The van der Waals surface area contributed by atoms with Crippen molar-refractivity contribution < 1.29 is 19.8 Å². The Bertz CT molecular complexity index is 602. The van der Waals surface area contributed by atoms with Crippen molar-refractivity contribution in [2.75, 3.05) is 0 Å². The molecule has 2 rings (SSSR count). The first kappa shape index (κ1) is 10.6. The molecule has 0 bridgehead atoms. The maximum atomic E-state index is 10.9. The van der Waals surface area contributed by atoms with Crippen molar-refractivity contribution in [1.82, 2.24) is 4.98 Å². The van der Waals surface area contributed by atoms with Gasteiger partial charge in [-0.25, -0.2) is 14.6 Å². The lowest BCUT2D eigenvalue weighted by molar-refractivity contribution is 0.0647. The van der Waals surface area contributed by atoms with Gasteiger partial charge in [0.25, 0.3) is 0 Å². The highest BCUT2D eigenvalue weighted by Crippen LogP contribution is 2.26. The van der Waals surface area contributed by atoms with Gasteiger partial charge in [0.05, 0.1) is 5.56 Å². The van der Waals surface area contributed by atoms with Gasteiger partial charge in [-0.2, -0.15) is 0 Å². The van der Waals surface area contributed by atoms with Gasteiger partial charge < -0.3 is 10.2 Å². The van der Waals surface area contributed by atoms with Gasteiger partial charge in [0.15, 0.2) is 5.69 Å². The van der Waals surface area contributed by atoms with Gasteiger partial charge in [0, 0.05) is 5.39 Å². The highest BCUT2D eigenvalue weighted by molar-refractivity contribution is 7.16. The fourth-order valence-electron chi connectivity index (χ4n) is 1.40. The third kappa shape index (κ3) is 1.53. The minimum absolute atomic E-state index is 0.276. The molecule has 2 aromatic rings. The van der Waals surface area contributed by atoms with E-state index in [1.165, 1.54) is 17.4 Å². The van der Waals surface area contributed by atoms with Crippen LogP contribution in [0.15, 0.2) is 11.4 Å². The minimum atomic E-state index is -1.33. The number of fused-ring (bicyclic) bond motifs is 1. The second-order valence-electron chi connectivity index (χ2n) is 3.27. The van der Waals surface area contributed by atoms with E-state index >= 15 is 0 Å². The Morgan fingerprint density at radius 2 is 2.00 bits per heavy atom. The standard InChI is InChI=1S/C10H7NO4S/c1-4-3-16-8-5(4)2-6(9(12)13)7(11-8)10(14)15/h2-3H,1H3,(H,12,13)(H,14,15). The SMILES string of the molecule is Cc1csc2nc(C(=O)O)c(C(=O)O)cc12. The average Bonchev–Trinajstić information content (AvgIpc) is 2.58. The zero-order valence-electron chi connectivity index (χ0n) is 8.22. The van der Waals surface area contributed by atoms with Gasteiger partial charge >= 0.3 is 11.9 Å². The number of rotatable bonds is 2. The molecule has 0 aliphatic rings. The van der Waals surface area contributed by atoms with Crippen molar-refractivity contribution in [2.24, 2.45) is 0 Å². The molecule has 2 heterocycles. The molecule has 2 aromatic heterocycles. The van der Waals surface area contributed by atoms with Gasteiger partial charge in [0.1, 0.15) is 4.83 Å². The van der Waals surface area contributed by atoms with Crippen LogP contribution in [0.3, 0.4) is 0 Å². The van der Waals surface area contributed by atoms with E-state index in [1.807, 2.05) is 12.3 Å². The van der Waals surface area contributed by atoms with Gasteiger partial charge in [0.2, 0.25) is 0 Å². The number of aromatic nitrogens is 1. The Kier molecular flexibility index (Phi) is 2.35. The number of hydrogen-bond donors (Lipinski definition) is 2. The van der Waals surface area contributed by atoms with Crippen LogP contribution in [-0.4, -0.2) is 27.1 Å². The number of carbonyl (C=O) groups is 2. The molecule has 0 saturated carbocycles. The lowest BCUT2D eigenvalue weighted by Crippen LogP contribution is -2.10. The molecule has 2 N–H and O–H groups in total. The van der Waals surface area contributed by atoms with Gasteiger partial charge in [-0.3, -0.25) is 0 Å². The summed E-state index contributed by atoms with van der Waals surface area (Å²) >= 11 is 1.30. The molecule has 0 amide bonds. The molecule has 0 saturated heterocycles. The Labute approximate surface area is 94.0 Å². The molecule has 0 unspecified atom stereocenters. The highest BCUT2D eigenvalue weighted by atomic mass is 32.1. The quantitative estimate of drug-likeness (QED) is 0.834. The zero-order valence-corrected chi connectivity index (χ0v) is 9.04. The van der Waals surface area contributed by atoms with Crippen molar-refractivity contribution in [1.29, 1.82) is 0 Å². The molecular weight excluding hydrogens is 230 g/mol. The Morgan fingerprint density at radius 1 is 1.31 bits per heavy atom. The second-order valence-corrected chi connectivity index (χ2v) is 4.12. The monoisotopic (exact) mass is 237 g/mol. The average molecular weight is 237 g/mol. The van der Waals surface area contributed by atoms with Crippen LogP contribution in [0.4, 0.5) is 0 Å². The van der Waals surface area contributed by atoms with E-state index in [0.717, 1.165) is 5.56 Å². The maximum absolute atomic E-state index is 10.9. The summed E-state index contributed by atoms with van der Waals surface area (Å²) in [7, 11) is 0. The van der Waals surface area contributed by atoms with E-state index in [0.29, 0.717) is 10.2 Å². The van der Waals surface area contributed by atoms with E-state index in [9.17, 15) is 9.59 Å². The lowest BCUT2D eigenvalue weighted by atomic mass is 10.1. The van der Waals surface area contributed by atoms with Crippen LogP contribution in [0.1, 0.15) is 26.4 Å². The first-order valence-corrected chi connectivity index (χ1v) is 5.24. The summed E-state index contributed by atoms with van der Waals surface area (Å²) in [6.45, 7) is 1.83. The number of aryl methyl sites for hydroxylation is 1. The molecule has 0 aliphatic heterocycles. The Balaban J connectivity index is 2.83. The number of nitrogens with zero attached hydrogens (tertiary/aromatic N) is 1. The fraction of sp³-hybridized carbons (Fsp3) is 0.100. The van der Waals surface area contributed by atoms with Crippen LogP contribution < -0.4 is 0 Å². The molecule has 0 radical (unpaired) electrons. The van der Waals surface area contributed by atoms with Crippen LogP contribution in [0, 0.1) is 6.92 Å². The smallest absolute Gasteiger partial charge is 0.355 e. The summed E-state index contributed by atoms with van der Waals surface area (Å²) in [6, 6.07) is 1.36. The van der Waals surface area contributed by atoms with Crippen molar-refractivity contribution in [2.45, 2.75) is 6.92 Å². The van der Waals surface area contributed by atoms with Crippen molar-refractivity contribution in [3.63, 3.8) is 0 Å². The van der Waals surface area contributed by atoms with Gasteiger partial charge in [-0.1, -0.05) is 0 Å². The van der Waals surface area contributed by atoms with Crippen molar-refractivity contribution in [3.8, 4) is 0 Å². The molecule has 6 heteroatoms. The number of hydrogen-bond acceptors (Lipinski definition) is 4. The van der Waals surface area contributed by atoms with Crippen LogP contribution in [0.5, 0.6) is 0 Å². The zero-order chi connectivity index (χ0) is 11.9. The van der Waals surface area contributed by atoms with Crippen LogP contribution in [0.25, 0.3) is 10.2 Å². The molecule has 0 atom stereocenters. The third-order valence-electron chi connectivity index (χ3n) is 2.19. The summed E-state index contributed by atoms with van der Waals surface area (Å²) in [5.41, 5.74) is 0.204. The summed E-state index contributed by atoms with van der Waals surface area (Å²) in [5, 5.41) is 20.3. The molecule has 5 nitrogen and oxygen atoms in total. The van der Waals surface area contributed by atoms with Crippen molar-refractivity contribution >= 4 is 33.5 Å². The maximum Gasteiger partial charge on any atom is 0.355 e. The minimum Gasteiger partial charge on any atom is -0.478 e. The van der Waals surface area contributed by atoms with Crippen molar-refractivity contribution in [3.05, 3.63) is 28.3 Å². The van der Waals surface area contributed by atoms with E-state index in [4.69, 9.17) is 10.2 Å². The van der Waals surface area contributed by atoms with E-state index in [-0.39, 0.29) is 5.56 Å². The fourth-order valence-corrected chi connectivity index (χ4v) is 2.31. The summed E-state index contributed by atoms with van der Waals surface area (Å²) in [4.78, 5) is 26.2. The Morgan fingerprint density at radius 3 is 2.56 bits per heavy atom. The molecule has 16 heavy (non-hydrogen) atoms. The third-order valence-corrected chi connectivity index (χ3v) is 3.20. The molecular formula is C10H7NO4S. The summed E-state index contributed by atoms with van der Waals surface area (Å²) < 4.78 is 0. The molecule has 0 aliphatic carbocycles. The first-order chi connectivity index (χ1) is 7.50. The predicted molar refractivity (Wildman–Crippen MR) is 58.3 cm³/mol. The predicted octanol–water partition coefficient (Wildman–Crippen LogP) is 2.00. The van der Waals surface area contributed by atoms with E-state index in [2.05, 4.69) is 4.98 Å². The number of carboxylic acids is 2. The van der Waals surface area contributed by atoms with Crippen LogP contribution in [0.2, 0.25) is 0 Å². The number of thiophene rings is 1. The number of pyridine rings is 1. The summed E-state index contributed by atoms with van der Waals surface area (Å²) in [5.74, 6) is -2.61. The van der Waals surface area contributed by atoms with E-state index < -0.39 is 17.6 Å². The topological polar surface area (TPSA) is 87.5 Å². The number of aromatic carboxylic acids is 2. The Hall–Kier alpha value is -1.95. The second kappa shape index (κ2) is 3.57. The highest BCUT2D eigenvalue weighted by Gasteiger charge is 2.19. The largest absolute Gasteiger partial charge is 0.478 e. The number of carboxylic acid groups (broad SMARTS) is 2. The molecule has 0 spiro atoms. The summed E-state index contributed by atoms with van der Waals surface area (Å²) in [6.07, 6.45) is 0. The molecule has 82 valence electrons. The first-order valence-electron chi connectivity index (χ1n) is 4.36. The van der Waals surface area contributed by atoms with Gasteiger partial charge in [-0.05, 0) is 23.9 Å². The lowest BCUT2D eigenvalue weighted by Gasteiger charge is -2.01. The van der Waals surface area contributed by atoms with E-state index in [1.54, 1.807) is 0 Å². The van der Waals surface area contributed by atoms with Gasteiger partial charge in [-0.15, -0.1) is 11.3 Å². The van der Waals surface area contributed by atoms with Crippen LogP contribution >= 0.6 is 11.3 Å². The molecule has 0 aromatic carbocycles. The normalized spacial score (nSPS) is 10.6. The molecule has 0 fully saturated rings.